The molecule has 78 valence electrons. The van der Waals surface area contributed by atoms with E-state index in [1.165, 1.54) is 0 Å². The number of nitrogens with zero attached hydrogens (tertiary/aromatic N) is 1. The van der Waals surface area contributed by atoms with Crippen LogP contribution in [0.5, 0.6) is 0 Å². The lowest BCUT2D eigenvalue weighted by molar-refractivity contribution is 0.282. The maximum Gasteiger partial charge on any atom is 0.0795 e. The molecule has 2 N–H and O–H groups in total. The molecule has 0 spiro atoms. The van der Waals surface area contributed by atoms with Crippen molar-refractivity contribution in [2.24, 2.45) is 0 Å². The van der Waals surface area contributed by atoms with Gasteiger partial charge in [-0.05, 0) is 6.07 Å². The molecule has 1 aromatic carbocycles. The van der Waals surface area contributed by atoms with Crippen LogP contribution in [0.4, 0.5) is 5.69 Å². The van der Waals surface area contributed by atoms with Crippen LogP contribution in [0.2, 0.25) is 0 Å². The summed E-state index contributed by atoms with van der Waals surface area (Å²) in [6.07, 6.45) is 0. The summed E-state index contributed by atoms with van der Waals surface area (Å²) in [7, 11) is 0. The van der Waals surface area contributed by atoms with E-state index in [2.05, 4.69) is 10.3 Å². The first kappa shape index (κ1) is 10.1. The molecule has 0 saturated heterocycles. The molecule has 1 heterocycles. The average molecular weight is 220 g/mol. The normalized spacial score (nSPS) is 10.2. The summed E-state index contributed by atoms with van der Waals surface area (Å²) in [5.41, 5.74) is 4.71. The standard InChI is InChI=1S/C11H12N2OS/c14-6-9-3-1-2-4-11(9)12-5-10-7-15-8-13-10/h1-4,7-8,12,14H,5-6H2. The highest BCUT2D eigenvalue weighted by molar-refractivity contribution is 7.07. The van der Waals surface area contributed by atoms with Gasteiger partial charge in [0.25, 0.3) is 0 Å². The first-order valence-corrected chi connectivity index (χ1v) is 5.64. The van der Waals surface area contributed by atoms with Gasteiger partial charge in [-0.1, -0.05) is 18.2 Å². The molecule has 4 heteroatoms. The highest BCUT2D eigenvalue weighted by atomic mass is 32.1. The Morgan fingerprint density at radius 2 is 2.20 bits per heavy atom. The quantitative estimate of drug-likeness (QED) is 0.830. The first-order chi connectivity index (χ1) is 7.40. The Morgan fingerprint density at radius 3 is 2.93 bits per heavy atom. The fourth-order valence-corrected chi connectivity index (χ4v) is 1.90. The van der Waals surface area contributed by atoms with E-state index in [9.17, 15) is 0 Å². The van der Waals surface area contributed by atoms with Gasteiger partial charge in [-0.25, -0.2) is 4.98 Å². The Labute approximate surface area is 92.4 Å². The van der Waals surface area contributed by atoms with Crippen LogP contribution in [-0.4, -0.2) is 10.1 Å². The van der Waals surface area contributed by atoms with Crippen LogP contribution in [0.25, 0.3) is 0 Å². The molecule has 0 unspecified atom stereocenters. The summed E-state index contributed by atoms with van der Waals surface area (Å²) < 4.78 is 0. The summed E-state index contributed by atoms with van der Waals surface area (Å²) in [5, 5.41) is 14.4. The number of anilines is 1. The molecule has 0 bridgehead atoms. The van der Waals surface area contributed by atoms with Gasteiger partial charge in [-0.2, -0.15) is 0 Å². The van der Waals surface area contributed by atoms with Crippen molar-refractivity contribution in [3.63, 3.8) is 0 Å². The highest BCUT2D eigenvalue weighted by Crippen LogP contribution is 2.15. The Kier molecular flexibility index (Phi) is 3.32. The number of benzene rings is 1. The minimum Gasteiger partial charge on any atom is -0.392 e. The van der Waals surface area contributed by atoms with Crippen LogP contribution < -0.4 is 5.32 Å². The summed E-state index contributed by atoms with van der Waals surface area (Å²) in [6.45, 7) is 0.751. The lowest BCUT2D eigenvalue weighted by Crippen LogP contribution is -2.02. The molecular weight excluding hydrogens is 208 g/mol. The van der Waals surface area contributed by atoms with Crippen LogP contribution in [0, 0.1) is 0 Å². The second-order valence-corrected chi connectivity index (χ2v) is 3.87. The highest BCUT2D eigenvalue weighted by Gasteiger charge is 2.00. The van der Waals surface area contributed by atoms with Crippen molar-refractivity contribution in [1.82, 2.24) is 4.98 Å². The molecule has 0 radical (unpaired) electrons. The van der Waals surface area contributed by atoms with Crippen molar-refractivity contribution in [2.75, 3.05) is 5.32 Å². The summed E-state index contributed by atoms with van der Waals surface area (Å²) in [5.74, 6) is 0. The van der Waals surface area contributed by atoms with Gasteiger partial charge < -0.3 is 10.4 Å². The lowest BCUT2D eigenvalue weighted by atomic mass is 10.2. The topological polar surface area (TPSA) is 45.1 Å². The molecule has 0 amide bonds. The smallest absolute Gasteiger partial charge is 0.0795 e. The first-order valence-electron chi connectivity index (χ1n) is 4.70. The van der Waals surface area contributed by atoms with Crippen molar-refractivity contribution >= 4 is 17.0 Å². The third kappa shape index (κ3) is 2.55. The summed E-state index contributed by atoms with van der Waals surface area (Å²) in [4.78, 5) is 4.18. The number of hydrogen-bond donors (Lipinski definition) is 2. The number of nitrogens with one attached hydrogen (secondary N) is 1. The van der Waals surface area contributed by atoms with E-state index in [-0.39, 0.29) is 6.61 Å². The number of aromatic nitrogens is 1. The van der Waals surface area contributed by atoms with E-state index in [1.54, 1.807) is 11.3 Å². The number of aliphatic hydroxyl groups is 1. The monoisotopic (exact) mass is 220 g/mol. The predicted molar refractivity (Wildman–Crippen MR) is 61.8 cm³/mol. The van der Waals surface area contributed by atoms with Gasteiger partial charge >= 0.3 is 0 Å². The number of rotatable bonds is 4. The Morgan fingerprint density at radius 1 is 1.33 bits per heavy atom. The van der Waals surface area contributed by atoms with Crippen LogP contribution in [0.3, 0.4) is 0 Å². The van der Waals surface area contributed by atoms with Gasteiger partial charge in [-0.3, -0.25) is 0 Å². The molecule has 0 aliphatic heterocycles. The SMILES string of the molecule is OCc1ccccc1NCc1cscn1. The zero-order valence-corrected chi connectivity index (χ0v) is 9.00. The van der Waals surface area contributed by atoms with Crippen LogP contribution >= 0.6 is 11.3 Å². The maximum absolute atomic E-state index is 9.12. The van der Waals surface area contributed by atoms with Crippen molar-refractivity contribution in [1.29, 1.82) is 0 Å². The maximum atomic E-state index is 9.12. The van der Waals surface area contributed by atoms with Crippen LogP contribution in [0.15, 0.2) is 35.2 Å². The lowest BCUT2D eigenvalue weighted by Gasteiger charge is -2.08. The number of hydrogen-bond acceptors (Lipinski definition) is 4. The third-order valence-corrected chi connectivity index (χ3v) is 2.77. The molecule has 0 aliphatic carbocycles. The molecule has 3 nitrogen and oxygen atoms in total. The molecule has 0 fully saturated rings. The van der Waals surface area contributed by atoms with Gasteiger partial charge in [0.15, 0.2) is 0 Å². The molecule has 0 aliphatic rings. The van der Waals surface area contributed by atoms with E-state index in [0.29, 0.717) is 6.54 Å². The summed E-state index contributed by atoms with van der Waals surface area (Å²) >= 11 is 1.58. The second kappa shape index (κ2) is 4.91. The molecule has 2 aromatic rings. The largest absolute Gasteiger partial charge is 0.392 e. The fraction of sp³-hybridized carbons (Fsp3) is 0.182. The van der Waals surface area contributed by atoms with Crippen molar-refractivity contribution in [2.45, 2.75) is 13.2 Å². The number of para-hydroxylation sites is 1. The van der Waals surface area contributed by atoms with Gasteiger partial charge in [0, 0.05) is 16.6 Å². The van der Waals surface area contributed by atoms with Crippen molar-refractivity contribution < 1.29 is 5.11 Å². The molecule has 2 rings (SSSR count). The molecular formula is C11H12N2OS. The van der Waals surface area contributed by atoms with E-state index < -0.39 is 0 Å². The minimum atomic E-state index is 0.0558. The molecule has 1 aromatic heterocycles. The zero-order chi connectivity index (χ0) is 10.5. The molecule has 0 atom stereocenters. The van der Waals surface area contributed by atoms with Crippen molar-refractivity contribution in [3.8, 4) is 0 Å². The summed E-state index contributed by atoms with van der Waals surface area (Å²) in [6, 6.07) is 7.73. The van der Waals surface area contributed by atoms with Crippen LogP contribution in [-0.2, 0) is 13.2 Å². The Hall–Kier alpha value is -1.39. The van der Waals surface area contributed by atoms with Gasteiger partial charge in [-0.15, -0.1) is 11.3 Å². The third-order valence-electron chi connectivity index (χ3n) is 2.13. The van der Waals surface area contributed by atoms with Gasteiger partial charge in [0.1, 0.15) is 0 Å². The predicted octanol–water partition coefficient (Wildman–Crippen LogP) is 2.25. The Balaban J connectivity index is 2.04. The van der Waals surface area contributed by atoms with E-state index in [1.807, 2.05) is 35.2 Å². The minimum absolute atomic E-state index is 0.0558. The van der Waals surface area contributed by atoms with Gasteiger partial charge in [0.05, 0.1) is 24.4 Å². The molecule has 0 saturated carbocycles. The van der Waals surface area contributed by atoms with E-state index in [0.717, 1.165) is 16.9 Å². The zero-order valence-electron chi connectivity index (χ0n) is 8.18. The second-order valence-electron chi connectivity index (χ2n) is 3.15. The van der Waals surface area contributed by atoms with E-state index >= 15 is 0 Å². The Bertz CT molecular complexity index is 414. The van der Waals surface area contributed by atoms with E-state index in [4.69, 9.17) is 5.11 Å². The van der Waals surface area contributed by atoms with Crippen molar-refractivity contribution in [3.05, 3.63) is 46.4 Å². The number of thiazole rings is 1. The van der Waals surface area contributed by atoms with Gasteiger partial charge in [0.2, 0.25) is 0 Å². The average Bonchev–Trinajstić information content (AvgIpc) is 2.79. The number of aliphatic hydroxyl groups excluding tert-OH is 1. The fourth-order valence-electron chi connectivity index (χ4n) is 1.34. The van der Waals surface area contributed by atoms with Crippen LogP contribution in [0.1, 0.15) is 11.3 Å². The molecule has 15 heavy (non-hydrogen) atoms.